The van der Waals surface area contributed by atoms with Gasteiger partial charge in [0.05, 0.1) is 5.41 Å². The normalized spacial score (nSPS) is 15.3. The minimum atomic E-state index is -0.293. The molecule has 2 aromatic rings. The molecule has 1 N–H and O–H groups in total. The number of hydrogen-bond acceptors (Lipinski definition) is 2. The molecule has 1 saturated carbocycles. The van der Waals surface area contributed by atoms with E-state index < -0.39 is 0 Å². The molecule has 1 amide bonds. The number of likely N-dealkylation sites (N-methyl/N-ethyl adjacent to an activating group) is 1. The smallest absolute Gasteiger partial charge is 0.230 e. The molecular weight excluding hydrogens is 364 g/mol. The maximum Gasteiger partial charge on any atom is 0.230 e. The average molecular weight is 387 g/mol. The molecule has 1 aliphatic carbocycles. The summed E-state index contributed by atoms with van der Waals surface area (Å²) in [6.07, 6.45) is 1.89. The lowest BCUT2D eigenvalue weighted by atomic mass is 9.95. The van der Waals surface area contributed by atoms with Gasteiger partial charge in [0.25, 0.3) is 0 Å². The molecule has 0 atom stereocenters. The van der Waals surface area contributed by atoms with Crippen LogP contribution in [-0.2, 0) is 16.8 Å². The zero-order valence-electron chi connectivity index (χ0n) is 14.0. The van der Waals surface area contributed by atoms with Crippen molar-refractivity contribution in [3.63, 3.8) is 0 Å². The molecule has 3 nitrogen and oxygen atoms in total. The number of carbonyl (C=O) groups is 1. The second-order valence-corrected chi connectivity index (χ2v) is 7.48. The van der Waals surface area contributed by atoms with Crippen LogP contribution in [0.5, 0.6) is 0 Å². The summed E-state index contributed by atoms with van der Waals surface area (Å²) in [6.45, 7) is 2.42. The summed E-state index contributed by atoms with van der Waals surface area (Å²) in [5.74, 6) is 0.165. The van der Waals surface area contributed by atoms with Crippen LogP contribution in [0, 0.1) is 0 Å². The highest BCUT2D eigenvalue weighted by atomic mass is 79.9. The van der Waals surface area contributed by atoms with Gasteiger partial charge in [0.15, 0.2) is 0 Å². The van der Waals surface area contributed by atoms with Crippen LogP contribution in [0.15, 0.2) is 59.1 Å². The molecule has 0 bridgehead atoms. The van der Waals surface area contributed by atoms with Crippen molar-refractivity contribution < 1.29 is 4.79 Å². The quantitative estimate of drug-likeness (QED) is 0.785. The Morgan fingerprint density at radius 1 is 1.12 bits per heavy atom. The van der Waals surface area contributed by atoms with E-state index in [9.17, 15) is 4.79 Å². The fourth-order valence-electron chi connectivity index (χ4n) is 3.04. The standard InChI is InChI=1S/C20H23BrN2O/c1-23(15-16-5-3-2-4-6-16)14-13-22-19(24)20(11-12-20)17-7-9-18(21)10-8-17/h2-10H,11-15H2,1H3,(H,22,24). The largest absolute Gasteiger partial charge is 0.354 e. The zero-order valence-corrected chi connectivity index (χ0v) is 15.6. The Bertz CT molecular complexity index is 681. The Morgan fingerprint density at radius 3 is 2.42 bits per heavy atom. The first-order chi connectivity index (χ1) is 11.6. The van der Waals surface area contributed by atoms with Gasteiger partial charge in [0.2, 0.25) is 5.91 Å². The molecule has 2 aromatic carbocycles. The number of hydrogen-bond donors (Lipinski definition) is 1. The summed E-state index contributed by atoms with van der Waals surface area (Å²) in [7, 11) is 2.08. The molecular formula is C20H23BrN2O. The van der Waals surface area contributed by atoms with E-state index >= 15 is 0 Å². The third-order valence-corrected chi connectivity index (χ3v) is 5.18. The first-order valence-corrected chi connectivity index (χ1v) is 9.16. The first kappa shape index (κ1) is 17.2. The lowest BCUT2D eigenvalue weighted by molar-refractivity contribution is -0.123. The molecule has 0 radical (unpaired) electrons. The zero-order chi connectivity index (χ0) is 17.0. The Morgan fingerprint density at radius 2 is 1.79 bits per heavy atom. The molecule has 3 rings (SSSR count). The second-order valence-electron chi connectivity index (χ2n) is 6.57. The van der Waals surface area contributed by atoms with Crippen LogP contribution in [-0.4, -0.2) is 30.9 Å². The average Bonchev–Trinajstić information content (AvgIpc) is 3.38. The van der Waals surface area contributed by atoms with Crippen molar-refractivity contribution >= 4 is 21.8 Å². The SMILES string of the molecule is CN(CCNC(=O)C1(c2ccc(Br)cc2)CC1)Cc1ccccc1. The van der Waals surface area contributed by atoms with Gasteiger partial charge in [0.1, 0.15) is 0 Å². The maximum absolute atomic E-state index is 12.6. The highest BCUT2D eigenvalue weighted by Gasteiger charge is 2.50. The van der Waals surface area contributed by atoms with Gasteiger partial charge in [0, 0.05) is 24.1 Å². The van der Waals surface area contributed by atoms with Crippen molar-refractivity contribution in [3.8, 4) is 0 Å². The van der Waals surface area contributed by atoms with E-state index in [4.69, 9.17) is 0 Å². The summed E-state index contributed by atoms with van der Waals surface area (Å²) >= 11 is 3.45. The fraction of sp³-hybridized carbons (Fsp3) is 0.350. The minimum absolute atomic E-state index is 0.165. The minimum Gasteiger partial charge on any atom is -0.354 e. The van der Waals surface area contributed by atoms with E-state index in [-0.39, 0.29) is 11.3 Å². The van der Waals surface area contributed by atoms with Crippen LogP contribution in [0.3, 0.4) is 0 Å². The number of amides is 1. The van der Waals surface area contributed by atoms with Crippen molar-refractivity contribution in [1.29, 1.82) is 0 Å². The van der Waals surface area contributed by atoms with Gasteiger partial charge in [-0.2, -0.15) is 0 Å². The number of benzene rings is 2. The molecule has 24 heavy (non-hydrogen) atoms. The molecule has 0 aliphatic heterocycles. The molecule has 0 heterocycles. The van der Waals surface area contributed by atoms with Crippen molar-refractivity contribution in [2.24, 2.45) is 0 Å². The van der Waals surface area contributed by atoms with Gasteiger partial charge < -0.3 is 10.2 Å². The van der Waals surface area contributed by atoms with Gasteiger partial charge >= 0.3 is 0 Å². The van der Waals surface area contributed by atoms with E-state index in [0.717, 1.165) is 36.0 Å². The number of rotatable bonds is 7. The number of halogens is 1. The summed E-state index contributed by atoms with van der Waals surface area (Å²) in [5, 5.41) is 3.12. The molecule has 0 aromatic heterocycles. The van der Waals surface area contributed by atoms with Gasteiger partial charge in [-0.15, -0.1) is 0 Å². The summed E-state index contributed by atoms with van der Waals surface area (Å²) in [5.41, 5.74) is 2.12. The highest BCUT2D eigenvalue weighted by Crippen LogP contribution is 2.48. The molecule has 4 heteroatoms. The molecule has 0 spiro atoms. The third kappa shape index (κ3) is 4.05. The highest BCUT2D eigenvalue weighted by molar-refractivity contribution is 9.10. The van der Waals surface area contributed by atoms with Crippen molar-refractivity contribution in [2.45, 2.75) is 24.8 Å². The monoisotopic (exact) mass is 386 g/mol. The topological polar surface area (TPSA) is 32.3 Å². The predicted octanol–water partition coefficient (Wildman–Crippen LogP) is 3.73. The Labute approximate surface area is 152 Å². The van der Waals surface area contributed by atoms with E-state index in [1.807, 2.05) is 18.2 Å². The van der Waals surface area contributed by atoms with Crippen molar-refractivity contribution in [1.82, 2.24) is 10.2 Å². The summed E-state index contributed by atoms with van der Waals surface area (Å²) < 4.78 is 1.05. The molecule has 1 fully saturated rings. The summed E-state index contributed by atoms with van der Waals surface area (Å²) in [4.78, 5) is 14.8. The molecule has 0 saturated heterocycles. The molecule has 1 aliphatic rings. The van der Waals surface area contributed by atoms with Gasteiger partial charge in [-0.3, -0.25) is 4.79 Å². The lowest BCUT2D eigenvalue weighted by Crippen LogP contribution is -2.39. The number of carbonyl (C=O) groups excluding carboxylic acids is 1. The van der Waals surface area contributed by atoms with E-state index in [2.05, 4.69) is 69.6 Å². The molecule has 126 valence electrons. The maximum atomic E-state index is 12.6. The van der Waals surface area contributed by atoms with Crippen molar-refractivity contribution in [2.75, 3.05) is 20.1 Å². The lowest BCUT2D eigenvalue weighted by Gasteiger charge is -2.19. The van der Waals surface area contributed by atoms with Gasteiger partial charge in [-0.25, -0.2) is 0 Å². The van der Waals surface area contributed by atoms with Crippen LogP contribution in [0.1, 0.15) is 24.0 Å². The van der Waals surface area contributed by atoms with Gasteiger partial charge in [-0.05, 0) is 43.1 Å². The predicted molar refractivity (Wildman–Crippen MR) is 101 cm³/mol. The number of nitrogens with zero attached hydrogens (tertiary/aromatic N) is 1. The Hall–Kier alpha value is -1.65. The van der Waals surface area contributed by atoms with Gasteiger partial charge in [-0.1, -0.05) is 58.4 Å². The van der Waals surface area contributed by atoms with Crippen LogP contribution in [0.4, 0.5) is 0 Å². The van der Waals surface area contributed by atoms with E-state index in [1.54, 1.807) is 0 Å². The van der Waals surface area contributed by atoms with Crippen molar-refractivity contribution in [3.05, 3.63) is 70.2 Å². The third-order valence-electron chi connectivity index (χ3n) is 4.66. The van der Waals surface area contributed by atoms with E-state index in [1.165, 1.54) is 5.56 Å². The van der Waals surface area contributed by atoms with Crippen LogP contribution >= 0.6 is 15.9 Å². The Kier molecular flexibility index (Phi) is 5.36. The van der Waals surface area contributed by atoms with Crippen LogP contribution < -0.4 is 5.32 Å². The van der Waals surface area contributed by atoms with Crippen LogP contribution in [0.25, 0.3) is 0 Å². The number of nitrogens with one attached hydrogen (secondary N) is 1. The second kappa shape index (κ2) is 7.49. The first-order valence-electron chi connectivity index (χ1n) is 8.37. The molecule has 0 unspecified atom stereocenters. The summed E-state index contributed by atoms with van der Waals surface area (Å²) in [6, 6.07) is 18.5. The van der Waals surface area contributed by atoms with Crippen LogP contribution in [0.2, 0.25) is 0 Å². The Balaban J connectivity index is 1.48. The fourth-order valence-corrected chi connectivity index (χ4v) is 3.31. The van der Waals surface area contributed by atoms with E-state index in [0.29, 0.717) is 6.54 Å².